The van der Waals surface area contributed by atoms with Gasteiger partial charge < -0.3 is 12.4 Å². The van der Waals surface area contributed by atoms with E-state index in [4.69, 9.17) is 9.98 Å². The predicted octanol–water partition coefficient (Wildman–Crippen LogP) is 13.3. The van der Waals surface area contributed by atoms with E-state index in [9.17, 15) is 0 Å². The number of hydrogen-bond acceptors (Lipinski definition) is 1. The van der Waals surface area contributed by atoms with Crippen LogP contribution in [0.2, 0.25) is 0 Å². The number of benzene rings is 6. The van der Waals surface area contributed by atoms with Gasteiger partial charge in [0, 0.05) is 11.3 Å². The fourth-order valence-electron chi connectivity index (χ4n) is 9.70. The van der Waals surface area contributed by atoms with Crippen molar-refractivity contribution in [1.82, 2.24) is 4.98 Å². The zero-order valence-electron chi connectivity index (χ0n) is 34.7. The number of aryl methyl sites for hydroxylation is 3. The van der Waals surface area contributed by atoms with Gasteiger partial charge in [0.2, 0.25) is 0 Å². The fourth-order valence-corrected chi connectivity index (χ4v) is 9.70. The summed E-state index contributed by atoms with van der Waals surface area (Å²) in [6, 6.07) is 63.4. The Kier molecular flexibility index (Phi) is 12.5. The standard InChI is InChI=1S/C56H47N2.CH3.Ni/c1-40-38-41(2)53(42(3)39-40)54(49-34-36-51(57-49)55(43-22-10-4-11-23-43,44-24-12-5-13-25-44)45-26-14-6-15-27-45)50-35-37-52(58-50)56(46-28-16-7-17-29-46,47-30-18-8-19-31-47)48-32-20-9-21-33-48;;/h4-8,10-39,48H,9H2,1-3H3;1H3;/q2*-1;+2. The maximum atomic E-state index is 5.77. The molecular formula is C57H50N2Ni. The average molecular weight is 822 g/mol. The average Bonchev–Trinajstić information content (AvgIpc) is 3.97. The molecule has 0 saturated carbocycles. The summed E-state index contributed by atoms with van der Waals surface area (Å²) in [5.41, 5.74) is 14.4. The molecule has 3 heteroatoms. The molecular weight excluding hydrogens is 771 g/mol. The summed E-state index contributed by atoms with van der Waals surface area (Å²) in [5.74, 6) is 0.0620. The summed E-state index contributed by atoms with van der Waals surface area (Å²) in [6.07, 6.45) is 14.7. The van der Waals surface area contributed by atoms with Crippen molar-refractivity contribution in [3.8, 4) is 0 Å². The maximum Gasteiger partial charge on any atom is 2.00 e. The number of rotatable bonds is 10. The maximum absolute atomic E-state index is 5.77. The Morgan fingerprint density at radius 3 is 1.43 bits per heavy atom. The smallest absolute Gasteiger partial charge is 0.660 e. The van der Waals surface area contributed by atoms with Crippen molar-refractivity contribution in [2.24, 2.45) is 10.9 Å². The Morgan fingerprint density at radius 1 is 0.550 bits per heavy atom. The van der Waals surface area contributed by atoms with Crippen LogP contribution in [0, 0.1) is 34.1 Å². The van der Waals surface area contributed by atoms with Crippen LogP contribution >= 0.6 is 0 Å². The summed E-state index contributed by atoms with van der Waals surface area (Å²) in [4.78, 5) is 11.5. The van der Waals surface area contributed by atoms with Gasteiger partial charge in [-0.2, -0.15) is 0 Å². The van der Waals surface area contributed by atoms with Gasteiger partial charge in [-0.25, -0.2) is 0 Å². The topological polar surface area (TPSA) is 26.5 Å². The molecule has 0 spiro atoms. The molecule has 1 aliphatic heterocycles. The number of hydrogen-bond donors (Lipinski definition) is 0. The zero-order chi connectivity index (χ0) is 39.5. The monoisotopic (exact) mass is 820 g/mol. The van der Waals surface area contributed by atoms with Crippen LogP contribution in [0.25, 0.3) is 5.57 Å². The van der Waals surface area contributed by atoms with Gasteiger partial charge in [0.15, 0.2) is 0 Å². The second-order valence-electron chi connectivity index (χ2n) is 15.6. The van der Waals surface area contributed by atoms with Crippen molar-refractivity contribution in [3.63, 3.8) is 0 Å². The van der Waals surface area contributed by atoms with E-state index < -0.39 is 10.8 Å². The predicted molar refractivity (Wildman–Crippen MR) is 248 cm³/mol. The number of allylic oxidation sites excluding steroid dienone is 6. The van der Waals surface area contributed by atoms with E-state index in [2.05, 4.69) is 233 Å². The first kappa shape index (κ1) is 41.9. The van der Waals surface area contributed by atoms with E-state index in [0.29, 0.717) is 0 Å². The molecule has 60 heavy (non-hydrogen) atoms. The van der Waals surface area contributed by atoms with E-state index >= 15 is 0 Å². The molecule has 0 fully saturated rings. The third-order valence-corrected chi connectivity index (χ3v) is 12.0. The van der Waals surface area contributed by atoms with E-state index in [-0.39, 0.29) is 29.8 Å². The number of aliphatic imine (C=N–C) groups is 1. The summed E-state index contributed by atoms with van der Waals surface area (Å²) >= 11 is 0. The summed E-state index contributed by atoms with van der Waals surface area (Å²) < 4.78 is 0. The number of aromatic nitrogens is 1. The van der Waals surface area contributed by atoms with Crippen molar-refractivity contribution >= 4 is 11.3 Å². The van der Waals surface area contributed by atoms with Gasteiger partial charge in [-0.3, -0.25) is 4.99 Å². The van der Waals surface area contributed by atoms with E-state index in [1.807, 2.05) is 0 Å². The normalized spacial score (nSPS) is 14.6. The molecule has 298 valence electrons. The van der Waals surface area contributed by atoms with E-state index in [1.165, 1.54) is 50.1 Å². The third-order valence-electron chi connectivity index (χ3n) is 12.0. The molecule has 6 aromatic carbocycles. The van der Waals surface area contributed by atoms with Crippen LogP contribution < -0.4 is 4.98 Å². The largest absolute Gasteiger partial charge is 2.00 e. The Labute approximate surface area is 366 Å². The molecule has 9 rings (SSSR count). The summed E-state index contributed by atoms with van der Waals surface area (Å²) in [7, 11) is 0. The molecule has 1 aromatic heterocycles. The fraction of sp³-hybridized carbons (Fsp3) is 0.123. The first-order chi connectivity index (χ1) is 28.5. The Balaban J connectivity index is 0.00000272. The van der Waals surface area contributed by atoms with E-state index in [0.717, 1.165) is 34.8 Å². The van der Waals surface area contributed by atoms with Crippen molar-refractivity contribution in [2.45, 2.75) is 38.0 Å². The van der Waals surface area contributed by atoms with Crippen molar-refractivity contribution in [3.05, 3.63) is 287 Å². The quantitative estimate of drug-likeness (QED) is 0.0584. The second-order valence-corrected chi connectivity index (χ2v) is 15.6. The Morgan fingerprint density at radius 2 is 0.983 bits per heavy atom. The van der Waals surface area contributed by atoms with Crippen molar-refractivity contribution < 1.29 is 16.5 Å². The summed E-state index contributed by atoms with van der Waals surface area (Å²) in [5, 5.41) is 0. The SMILES string of the molecule is Cc1cc(C)c(C(=C2C=CC(C(c3ccccc3)(c3ccccc3)c3ccccc3)=N2)c2ccc(C(c3ccccc3)(c3ccccc3)C3C=CCC=C3)[n-]2)c(C)c1.[CH3-].[Ni+2]. The van der Waals surface area contributed by atoms with Crippen molar-refractivity contribution in [1.29, 1.82) is 0 Å². The van der Waals surface area contributed by atoms with Crippen LogP contribution in [0.5, 0.6) is 0 Å². The van der Waals surface area contributed by atoms with Gasteiger partial charge in [0.25, 0.3) is 0 Å². The molecule has 0 bridgehead atoms. The number of nitrogens with zero attached hydrogens (tertiary/aromatic N) is 2. The Bertz CT molecular complexity index is 2530. The van der Waals surface area contributed by atoms with Gasteiger partial charge in [-0.15, -0.1) is 11.4 Å². The van der Waals surface area contributed by atoms with Crippen LogP contribution in [0.15, 0.2) is 223 Å². The minimum absolute atomic E-state index is 0. The molecule has 0 atom stereocenters. The van der Waals surface area contributed by atoms with Gasteiger partial charge in [-0.05, 0) is 89.4 Å². The van der Waals surface area contributed by atoms with Gasteiger partial charge in [0.05, 0.1) is 16.8 Å². The molecule has 0 unspecified atom stereocenters. The molecule has 7 aromatic rings. The van der Waals surface area contributed by atoms with Crippen LogP contribution in [-0.4, -0.2) is 5.71 Å². The molecule has 0 amide bonds. The van der Waals surface area contributed by atoms with Gasteiger partial charge in [-0.1, -0.05) is 206 Å². The molecule has 0 N–H and O–H groups in total. The molecule has 2 nitrogen and oxygen atoms in total. The minimum Gasteiger partial charge on any atom is -0.660 e. The van der Waals surface area contributed by atoms with Gasteiger partial charge >= 0.3 is 16.5 Å². The van der Waals surface area contributed by atoms with Crippen molar-refractivity contribution in [2.75, 3.05) is 0 Å². The second kappa shape index (κ2) is 17.9. The Hall–Kier alpha value is -6.28. The van der Waals surface area contributed by atoms with Gasteiger partial charge in [0.1, 0.15) is 0 Å². The zero-order valence-corrected chi connectivity index (χ0v) is 35.7. The van der Waals surface area contributed by atoms with E-state index in [1.54, 1.807) is 0 Å². The minimum atomic E-state index is -0.662. The molecule has 1 aliphatic carbocycles. The van der Waals surface area contributed by atoms with Crippen LogP contribution in [0.1, 0.15) is 67.9 Å². The van der Waals surface area contributed by atoms with Crippen LogP contribution in [0.3, 0.4) is 0 Å². The third kappa shape index (κ3) is 7.22. The molecule has 2 heterocycles. The molecule has 0 saturated heterocycles. The molecule has 2 aliphatic rings. The summed E-state index contributed by atoms with van der Waals surface area (Å²) in [6.45, 7) is 6.62. The first-order valence-electron chi connectivity index (χ1n) is 20.4. The molecule has 0 radical (unpaired) electrons. The van der Waals surface area contributed by atoms with Crippen LogP contribution in [0.4, 0.5) is 0 Å². The first-order valence-corrected chi connectivity index (χ1v) is 20.4. The van der Waals surface area contributed by atoms with Crippen LogP contribution in [-0.2, 0) is 27.3 Å².